The van der Waals surface area contributed by atoms with Gasteiger partial charge in [0.2, 0.25) is 0 Å². The predicted octanol–water partition coefficient (Wildman–Crippen LogP) is 5.23. The number of benzene rings is 3. The second-order valence-electron chi connectivity index (χ2n) is 8.50. The van der Waals surface area contributed by atoms with Crippen LogP contribution in [0.1, 0.15) is 41.3 Å². The van der Waals surface area contributed by atoms with Crippen LogP contribution in [0, 0.1) is 5.41 Å². The van der Waals surface area contributed by atoms with Crippen molar-refractivity contribution in [3.8, 4) is 22.6 Å². The number of carbonyl (C=O) groups is 1. The van der Waals surface area contributed by atoms with E-state index in [1.807, 2.05) is 61.6 Å². The summed E-state index contributed by atoms with van der Waals surface area (Å²) < 4.78 is 6.10. The monoisotopic (exact) mass is 456 g/mol. The number of nitrogens with one attached hydrogen (secondary N) is 4. The van der Waals surface area contributed by atoms with E-state index in [9.17, 15) is 4.79 Å². The van der Waals surface area contributed by atoms with Crippen LogP contribution in [0.15, 0.2) is 60.7 Å². The van der Waals surface area contributed by atoms with Gasteiger partial charge in [-0.3, -0.25) is 4.79 Å². The second-order valence-corrected chi connectivity index (χ2v) is 8.50. The molecule has 0 atom stereocenters. The standard InChI is InChI=1S/C28H32N4O2/c1-3-19-15-21(8-10-26(19)28(33)32-23-11-13-31-14-12-23)20-5-4-6-24(16-20)34-25-9-7-22(18-29)27(17-25)30-2/h4-10,15-18,23,29-31H,3,11-14H2,1-2H3,(H,32,33). The fraction of sp³-hybridized carbons (Fsp3) is 0.286. The summed E-state index contributed by atoms with van der Waals surface area (Å²) >= 11 is 0. The molecule has 4 N–H and O–H groups in total. The lowest BCUT2D eigenvalue weighted by molar-refractivity contribution is 0.0928. The van der Waals surface area contributed by atoms with Gasteiger partial charge in [-0.05, 0) is 79.4 Å². The first kappa shape index (κ1) is 23.5. The highest BCUT2D eigenvalue weighted by molar-refractivity contribution is 5.96. The number of anilines is 1. The molecule has 0 aromatic heterocycles. The summed E-state index contributed by atoms with van der Waals surface area (Å²) in [7, 11) is 1.83. The molecule has 1 fully saturated rings. The van der Waals surface area contributed by atoms with E-state index in [4.69, 9.17) is 10.1 Å². The molecule has 3 aromatic carbocycles. The first-order valence-electron chi connectivity index (χ1n) is 11.9. The zero-order valence-electron chi connectivity index (χ0n) is 19.8. The van der Waals surface area contributed by atoms with E-state index in [0.29, 0.717) is 5.75 Å². The average molecular weight is 457 g/mol. The van der Waals surface area contributed by atoms with Gasteiger partial charge in [-0.2, -0.15) is 0 Å². The highest BCUT2D eigenvalue weighted by Crippen LogP contribution is 2.30. The van der Waals surface area contributed by atoms with Gasteiger partial charge in [0.05, 0.1) is 0 Å². The molecule has 34 heavy (non-hydrogen) atoms. The molecule has 4 rings (SSSR count). The Labute approximate surface area is 201 Å². The Balaban J connectivity index is 1.53. The molecule has 1 aliphatic rings. The van der Waals surface area contributed by atoms with Crippen LogP contribution in [0.25, 0.3) is 11.1 Å². The number of aryl methyl sites for hydroxylation is 1. The molecule has 6 nitrogen and oxygen atoms in total. The number of hydrogen-bond acceptors (Lipinski definition) is 5. The summed E-state index contributed by atoms with van der Waals surface area (Å²) in [6, 6.07) is 19.9. The SMILES string of the molecule is CCc1cc(-c2cccc(Oc3ccc(C=N)c(NC)c3)c2)ccc1C(=O)NC1CCNCC1. The van der Waals surface area contributed by atoms with Crippen LogP contribution >= 0.6 is 0 Å². The van der Waals surface area contributed by atoms with E-state index in [1.54, 1.807) is 0 Å². The van der Waals surface area contributed by atoms with Gasteiger partial charge < -0.3 is 26.1 Å². The molecule has 0 aliphatic carbocycles. The Hall–Kier alpha value is -3.64. The Morgan fingerprint density at radius 1 is 1.06 bits per heavy atom. The van der Waals surface area contributed by atoms with Gasteiger partial charge in [0.25, 0.3) is 5.91 Å². The zero-order chi connectivity index (χ0) is 23.9. The van der Waals surface area contributed by atoms with Crippen molar-refractivity contribution in [3.05, 3.63) is 77.4 Å². The van der Waals surface area contributed by atoms with E-state index in [1.165, 1.54) is 6.21 Å². The van der Waals surface area contributed by atoms with Crippen molar-refractivity contribution in [1.29, 1.82) is 5.41 Å². The van der Waals surface area contributed by atoms with Crippen molar-refractivity contribution < 1.29 is 9.53 Å². The van der Waals surface area contributed by atoms with Crippen molar-refractivity contribution in [2.45, 2.75) is 32.2 Å². The molecule has 6 heteroatoms. The minimum atomic E-state index is 0.0149. The van der Waals surface area contributed by atoms with Gasteiger partial charge in [0.1, 0.15) is 11.5 Å². The Kier molecular flexibility index (Phi) is 7.60. The second kappa shape index (κ2) is 11.0. The molecule has 0 bridgehead atoms. The third-order valence-corrected chi connectivity index (χ3v) is 6.26. The Morgan fingerprint density at radius 3 is 2.56 bits per heavy atom. The van der Waals surface area contributed by atoms with Crippen molar-refractivity contribution in [2.75, 3.05) is 25.5 Å². The predicted molar refractivity (Wildman–Crippen MR) is 139 cm³/mol. The summed E-state index contributed by atoms with van der Waals surface area (Å²) in [5, 5.41) is 17.1. The van der Waals surface area contributed by atoms with Crippen LogP contribution in [0.2, 0.25) is 0 Å². The minimum absolute atomic E-state index is 0.0149. The van der Waals surface area contributed by atoms with Crippen LogP contribution < -0.4 is 20.7 Å². The molecule has 0 spiro atoms. The van der Waals surface area contributed by atoms with Crippen LogP contribution in [-0.4, -0.2) is 38.3 Å². The lowest BCUT2D eigenvalue weighted by Crippen LogP contribution is -2.42. The van der Waals surface area contributed by atoms with Gasteiger partial charge in [-0.15, -0.1) is 0 Å². The first-order chi connectivity index (χ1) is 16.6. The smallest absolute Gasteiger partial charge is 0.251 e. The summed E-state index contributed by atoms with van der Waals surface area (Å²) in [5.74, 6) is 1.44. The van der Waals surface area contributed by atoms with Gasteiger partial charge in [-0.25, -0.2) is 0 Å². The molecule has 0 saturated carbocycles. The minimum Gasteiger partial charge on any atom is -0.457 e. The number of rotatable bonds is 8. The molecule has 0 radical (unpaired) electrons. The zero-order valence-corrected chi connectivity index (χ0v) is 19.8. The number of amides is 1. The molecule has 1 aliphatic heterocycles. The van der Waals surface area contributed by atoms with E-state index in [-0.39, 0.29) is 11.9 Å². The molecular formula is C28H32N4O2. The van der Waals surface area contributed by atoms with Crippen LogP contribution in [-0.2, 0) is 6.42 Å². The van der Waals surface area contributed by atoms with Gasteiger partial charge in [0, 0.05) is 42.2 Å². The first-order valence-corrected chi connectivity index (χ1v) is 11.9. The Morgan fingerprint density at radius 2 is 1.82 bits per heavy atom. The van der Waals surface area contributed by atoms with Crippen molar-refractivity contribution >= 4 is 17.8 Å². The van der Waals surface area contributed by atoms with E-state index in [0.717, 1.165) is 71.6 Å². The average Bonchev–Trinajstić information content (AvgIpc) is 2.89. The third kappa shape index (κ3) is 5.46. The lowest BCUT2D eigenvalue weighted by Gasteiger charge is -2.24. The highest BCUT2D eigenvalue weighted by atomic mass is 16.5. The number of carbonyl (C=O) groups excluding carboxylic acids is 1. The van der Waals surface area contributed by atoms with Gasteiger partial charge >= 0.3 is 0 Å². The summed E-state index contributed by atoms with van der Waals surface area (Å²) in [6.45, 7) is 3.98. The van der Waals surface area contributed by atoms with E-state index >= 15 is 0 Å². The highest BCUT2D eigenvalue weighted by Gasteiger charge is 2.18. The summed E-state index contributed by atoms with van der Waals surface area (Å²) in [4.78, 5) is 12.9. The quantitative estimate of drug-likeness (QED) is 0.350. The molecule has 1 saturated heterocycles. The van der Waals surface area contributed by atoms with Crippen LogP contribution in [0.4, 0.5) is 5.69 Å². The summed E-state index contributed by atoms with van der Waals surface area (Å²) in [6.07, 6.45) is 4.04. The molecule has 0 unspecified atom stereocenters. The molecule has 1 amide bonds. The van der Waals surface area contributed by atoms with Gasteiger partial charge in [-0.1, -0.05) is 31.2 Å². The normalized spacial score (nSPS) is 13.8. The molecule has 3 aromatic rings. The van der Waals surface area contributed by atoms with E-state index in [2.05, 4.69) is 28.9 Å². The topological polar surface area (TPSA) is 86.2 Å². The molecule has 1 heterocycles. The maximum absolute atomic E-state index is 12.9. The van der Waals surface area contributed by atoms with Crippen LogP contribution in [0.3, 0.4) is 0 Å². The van der Waals surface area contributed by atoms with E-state index < -0.39 is 0 Å². The van der Waals surface area contributed by atoms with Crippen molar-refractivity contribution in [2.24, 2.45) is 0 Å². The molecule has 176 valence electrons. The van der Waals surface area contributed by atoms with Gasteiger partial charge in [0.15, 0.2) is 0 Å². The lowest BCUT2D eigenvalue weighted by atomic mass is 9.96. The fourth-order valence-electron chi connectivity index (χ4n) is 4.33. The van der Waals surface area contributed by atoms with Crippen molar-refractivity contribution in [1.82, 2.24) is 10.6 Å². The fourth-order valence-corrected chi connectivity index (χ4v) is 4.33. The summed E-state index contributed by atoms with van der Waals surface area (Å²) in [5.41, 5.74) is 5.52. The largest absolute Gasteiger partial charge is 0.457 e. The maximum atomic E-state index is 12.9. The molecular weight excluding hydrogens is 424 g/mol. The van der Waals surface area contributed by atoms with Crippen LogP contribution in [0.5, 0.6) is 11.5 Å². The Bertz CT molecular complexity index is 1170. The maximum Gasteiger partial charge on any atom is 0.251 e. The number of ether oxygens (including phenoxy) is 1. The third-order valence-electron chi connectivity index (χ3n) is 6.26. The number of hydrogen-bond donors (Lipinski definition) is 4. The number of piperidine rings is 1. The van der Waals surface area contributed by atoms with Crippen molar-refractivity contribution in [3.63, 3.8) is 0 Å².